The van der Waals surface area contributed by atoms with Crippen molar-refractivity contribution in [1.29, 1.82) is 0 Å². The molecular formula is C15H13ClN4O2S2. The molecule has 9 heteroatoms. The van der Waals surface area contributed by atoms with Crippen LogP contribution in [0.5, 0.6) is 5.75 Å². The Morgan fingerprint density at radius 1 is 1.29 bits per heavy atom. The van der Waals surface area contributed by atoms with Gasteiger partial charge in [0.2, 0.25) is 11.0 Å². The lowest BCUT2D eigenvalue weighted by Crippen LogP contribution is -2.14. The molecule has 24 heavy (non-hydrogen) atoms. The number of amides is 1. The molecule has 3 aromatic rings. The highest BCUT2D eigenvalue weighted by Crippen LogP contribution is 2.19. The minimum atomic E-state index is -0.165. The van der Waals surface area contributed by atoms with Crippen LogP contribution in [0.25, 0.3) is 0 Å². The largest absolute Gasteiger partial charge is 0.486 e. The molecule has 3 rings (SSSR count). The number of aryl methyl sites for hydroxylation is 1. The average molecular weight is 381 g/mol. The van der Waals surface area contributed by atoms with Gasteiger partial charge in [0.15, 0.2) is 0 Å². The fourth-order valence-electron chi connectivity index (χ4n) is 1.85. The summed E-state index contributed by atoms with van der Waals surface area (Å²) in [5, 5.41) is 15.1. The SMILES string of the molecule is Cc1nnc(NC(=O)Cc2csc(COc3ccc(Cl)cc3)n2)s1. The summed E-state index contributed by atoms with van der Waals surface area (Å²) in [6.45, 7) is 2.18. The molecule has 0 atom stereocenters. The van der Waals surface area contributed by atoms with Crippen molar-refractivity contribution in [2.24, 2.45) is 0 Å². The zero-order valence-electron chi connectivity index (χ0n) is 12.7. The fraction of sp³-hybridized carbons (Fsp3) is 0.200. The maximum Gasteiger partial charge on any atom is 0.232 e. The van der Waals surface area contributed by atoms with Gasteiger partial charge in [-0.15, -0.1) is 21.5 Å². The molecule has 1 amide bonds. The number of nitrogens with zero attached hydrogens (tertiary/aromatic N) is 3. The smallest absolute Gasteiger partial charge is 0.232 e. The molecule has 0 saturated carbocycles. The first-order valence-corrected chi connectivity index (χ1v) is 9.07. The molecule has 0 bridgehead atoms. The van der Waals surface area contributed by atoms with Gasteiger partial charge in [0.1, 0.15) is 22.4 Å². The summed E-state index contributed by atoms with van der Waals surface area (Å²) >= 11 is 8.62. The number of ether oxygens (including phenoxy) is 1. The van der Waals surface area contributed by atoms with E-state index in [0.29, 0.717) is 22.5 Å². The zero-order chi connectivity index (χ0) is 16.9. The van der Waals surface area contributed by atoms with E-state index in [4.69, 9.17) is 16.3 Å². The molecule has 0 aliphatic heterocycles. The second-order valence-electron chi connectivity index (χ2n) is 4.83. The summed E-state index contributed by atoms with van der Waals surface area (Å²) in [6, 6.07) is 7.13. The van der Waals surface area contributed by atoms with Gasteiger partial charge in [-0.25, -0.2) is 4.98 Å². The fourth-order valence-corrected chi connectivity index (χ4v) is 3.29. The van der Waals surface area contributed by atoms with Gasteiger partial charge in [0.25, 0.3) is 0 Å². The molecule has 0 unspecified atom stereocenters. The minimum Gasteiger partial charge on any atom is -0.486 e. The highest BCUT2D eigenvalue weighted by atomic mass is 35.5. The Morgan fingerprint density at radius 3 is 2.79 bits per heavy atom. The van der Waals surface area contributed by atoms with E-state index in [1.807, 2.05) is 12.3 Å². The predicted molar refractivity (Wildman–Crippen MR) is 94.9 cm³/mol. The van der Waals surface area contributed by atoms with E-state index >= 15 is 0 Å². The first-order valence-electron chi connectivity index (χ1n) is 7.00. The molecule has 0 aliphatic carbocycles. The summed E-state index contributed by atoms with van der Waals surface area (Å²) in [6.07, 6.45) is 0.191. The number of thiazole rings is 1. The molecule has 0 saturated heterocycles. The van der Waals surface area contributed by atoms with E-state index in [2.05, 4.69) is 20.5 Å². The van der Waals surface area contributed by atoms with Crippen LogP contribution < -0.4 is 10.1 Å². The van der Waals surface area contributed by atoms with E-state index in [9.17, 15) is 4.79 Å². The van der Waals surface area contributed by atoms with Gasteiger partial charge in [0, 0.05) is 10.4 Å². The monoisotopic (exact) mass is 380 g/mol. The van der Waals surface area contributed by atoms with Crippen LogP contribution in [0.3, 0.4) is 0 Å². The number of hydrogen-bond acceptors (Lipinski definition) is 7. The Labute approximate surface area is 151 Å². The summed E-state index contributed by atoms with van der Waals surface area (Å²) in [5.74, 6) is 0.558. The number of carbonyl (C=O) groups is 1. The van der Waals surface area contributed by atoms with Gasteiger partial charge < -0.3 is 10.1 Å². The van der Waals surface area contributed by atoms with Crippen molar-refractivity contribution in [1.82, 2.24) is 15.2 Å². The van der Waals surface area contributed by atoms with Gasteiger partial charge in [-0.2, -0.15) is 0 Å². The van der Waals surface area contributed by atoms with E-state index < -0.39 is 0 Å². The molecule has 0 aliphatic rings. The number of halogens is 1. The van der Waals surface area contributed by atoms with Crippen LogP contribution >= 0.6 is 34.3 Å². The predicted octanol–water partition coefficient (Wildman–Crippen LogP) is 3.72. The van der Waals surface area contributed by atoms with E-state index in [0.717, 1.165) is 15.8 Å². The highest BCUT2D eigenvalue weighted by molar-refractivity contribution is 7.15. The quantitative estimate of drug-likeness (QED) is 0.705. The van der Waals surface area contributed by atoms with Crippen molar-refractivity contribution in [2.45, 2.75) is 20.0 Å². The van der Waals surface area contributed by atoms with Crippen LogP contribution in [0.4, 0.5) is 5.13 Å². The van der Waals surface area contributed by atoms with Gasteiger partial charge in [-0.1, -0.05) is 22.9 Å². The van der Waals surface area contributed by atoms with Gasteiger partial charge in [-0.05, 0) is 31.2 Å². The Balaban J connectivity index is 1.51. The lowest BCUT2D eigenvalue weighted by Gasteiger charge is -2.03. The Hall–Kier alpha value is -2.03. The summed E-state index contributed by atoms with van der Waals surface area (Å²) < 4.78 is 5.64. The number of hydrogen-bond donors (Lipinski definition) is 1. The number of aromatic nitrogens is 3. The standard InChI is InChI=1S/C15H13ClN4O2S2/c1-9-19-20-15(24-9)18-13(21)6-11-8-23-14(17-11)7-22-12-4-2-10(16)3-5-12/h2-5,8H,6-7H2,1H3,(H,18,20,21). The Kier molecular flexibility index (Phi) is 5.39. The third kappa shape index (κ3) is 4.73. The van der Waals surface area contributed by atoms with Crippen molar-refractivity contribution >= 4 is 45.3 Å². The van der Waals surface area contributed by atoms with Crippen LogP contribution in [0.15, 0.2) is 29.6 Å². The molecular weight excluding hydrogens is 368 g/mol. The van der Waals surface area contributed by atoms with Gasteiger partial charge in [-0.3, -0.25) is 4.79 Å². The summed E-state index contributed by atoms with van der Waals surface area (Å²) in [4.78, 5) is 16.4. The van der Waals surface area contributed by atoms with Crippen LogP contribution in [-0.4, -0.2) is 21.1 Å². The van der Waals surface area contributed by atoms with E-state index in [1.54, 1.807) is 24.3 Å². The van der Waals surface area contributed by atoms with Crippen LogP contribution in [-0.2, 0) is 17.8 Å². The Morgan fingerprint density at radius 2 is 2.08 bits per heavy atom. The van der Waals surface area contributed by atoms with Crippen molar-refractivity contribution in [3.8, 4) is 5.75 Å². The van der Waals surface area contributed by atoms with Crippen molar-refractivity contribution in [2.75, 3.05) is 5.32 Å². The van der Waals surface area contributed by atoms with Crippen LogP contribution in [0.2, 0.25) is 5.02 Å². The number of benzene rings is 1. The maximum atomic E-state index is 12.0. The second kappa shape index (κ2) is 7.69. The zero-order valence-corrected chi connectivity index (χ0v) is 15.0. The number of carbonyl (C=O) groups excluding carboxylic acids is 1. The lowest BCUT2D eigenvalue weighted by atomic mass is 10.3. The van der Waals surface area contributed by atoms with E-state index in [1.165, 1.54) is 22.7 Å². The molecule has 2 heterocycles. The molecule has 1 aromatic carbocycles. The maximum absolute atomic E-state index is 12.0. The molecule has 2 aromatic heterocycles. The van der Waals surface area contributed by atoms with Crippen molar-refractivity contribution in [3.63, 3.8) is 0 Å². The molecule has 6 nitrogen and oxygen atoms in total. The molecule has 124 valence electrons. The Bertz CT molecular complexity index is 832. The highest BCUT2D eigenvalue weighted by Gasteiger charge is 2.10. The van der Waals surface area contributed by atoms with Crippen molar-refractivity contribution in [3.05, 3.63) is 50.4 Å². The second-order valence-corrected chi connectivity index (χ2v) is 7.39. The van der Waals surface area contributed by atoms with Gasteiger partial charge >= 0.3 is 0 Å². The first kappa shape index (κ1) is 16.8. The third-order valence-corrected chi connectivity index (χ3v) is 4.77. The first-order chi connectivity index (χ1) is 11.6. The minimum absolute atomic E-state index is 0.165. The van der Waals surface area contributed by atoms with E-state index in [-0.39, 0.29) is 12.3 Å². The number of rotatable bonds is 6. The number of nitrogens with one attached hydrogen (secondary N) is 1. The van der Waals surface area contributed by atoms with Crippen LogP contribution in [0.1, 0.15) is 15.7 Å². The summed E-state index contributed by atoms with van der Waals surface area (Å²) in [5.41, 5.74) is 0.702. The molecule has 0 fully saturated rings. The normalized spacial score (nSPS) is 10.6. The topological polar surface area (TPSA) is 77.0 Å². The third-order valence-electron chi connectivity index (χ3n) is 2.89. The van der Waals surface area contributed by atoms with Gasteiger partial charge in [0.05, 0.1) is 12.1 Å². The molecule has 1 N–H and O–H groups in total. The molecule has 0 radical (unpaired) electrons. The summed E-state index contributed by atoms with van der Waals surface area (Å²) in [7, 11) is 0. The molecule has 0 spiro atoms. The number of anilines is 1. The lowest BCUT2D eigenvalue weighted by molar-refractivity contribution is -0.115. The van der Waals surface area contributed by atoms with Crippen molar-refractivity contribution < 1.29 is 9.53 Å². The average Bonchev–Trinajstić information content (AvgIpc) is 3.16. The van der Waals surface area contributed by atoms with Crippen LogP contribution in [0, 0.1) is 6.92 Å².